The van der Waals surface area contributed by atoms with Gasteiger partial charge >= 0.3 is 0 Å². The number of likely N-dealkylation sites (tertiary alicyclic amines) is 1. The largest absolute Gasteiger partial charge is 0.377 e. The molecule has 0 bridgehead atoms. The van der Waals surface area contributed by atoms with Crippen molar-refractivity contribution in [2.45, 2.75) is 83.4 Å². The van der Waals surface area contributed by atoms with Crippen molar-refractivity contribution in [3.63, 3.8) is 0 Å². The van der Waals surface area contributed by atoms with Crippen LogP contribution < -0.4 is 16.0 Å². The highest BCUT2D eigenvalue weighted by Gasteiger charge is 2.65. The van der Waals surface area contributed by atoms with Gasteiger partial charge in [0.2, 0.25) is 5.91 Å². The highest BCUT2D eigenvalue weighted by molar-refractivity contribution is 5.81. The molecule has 1 spiro atoms. The lowest BCUT2D eigenvalue weighted by Crippen LogP contribution is -2.69. The number of rotatable bonds is 7. The number of nitrogens with zero attached hydrogens (tertiary/aromatic N) is 2. The molecule has 0 radical (unpaired) electrons. The van der Waals surface area contributed by atoms with E-state index in [0.29, 0.717) is 36.1 Å². The zero-order valence-corrected chi connectivity index (χ0v) is 18.9. The average molecular weight is 420 g/mol. The first-order valence-corrected chi connectivity index (χ1v) is 12.3. The molecule has 2 aliphatic heterocycles. The molecule has 4 aliphatic rings. The molecule has 7 heteroatoms. The Morgan fingerprint density at radius 3 is 2.60 bits per heavy atom. The van der Waals surface area contributed by atoms with E-state index in [-0.39, 0.29) is 5.91 Å². The second kappa shape index (κ2) is 9.86. The molecule has 4 rings (SSSR count). The maximum atomic E-state index is 12.0. The van der Waals surface area contributed by atoms with Gasteiger partial charge in [0.15, 0.2) is 5.96 Å². The Balaban J connectivity index is 1.28. The Hall–Kier alpha value is -1.34. The Morgan fingerprint density at radius 1 is 1.13 bits per heavy atom. The standard InChI is InChI=1S/C23H41N5O2/c1-3-12-25-19(29)16-28-13-7-17(8-14-28)26-22(24-4-2)27-20-18-9-15-30-21(18)23(20)10-5-6-11-23/h17-18,20-21H,3-16H2,1-2H3,(H,25,29)(H2,24,26,27). The fraction of sp³-hybridized carbons (Fsp3) is 0.913. The SMILES string of the molecule is CCCNC(=O)CN1CCC(NC(=NCC)NC2C3CCOC3C23CCCC3)CC1. The molecule has 2 aliphatic carbocycles. The fourth-order valence-electron chi connectivity index (χ4n) is 6.29. The van der Waals surface area contributed by atoms with Crippen LogP contribution >= 0.6 is 0 Å². The fourth-order valence-corrected chi connectivity index (χ4v) is 6.29. The third-order valence-electron chi connectivity index (χ3n) is 7.76. The first-order valence-electron chi connectivity index (χ1n) is 12.3. The van der Waals surface area contributed by atoms with Crippen molar-refractivity contribution in [3.8, 4) is 0 Å². The molecule has 0 aromatic rings. The number of nitrogens with one attached hydrogen (secondary N) is 3. The van der Waals surface area contributed by atoms with Gasteiger partial charge < -0.3 is 20.7 Å². The van der Waals surface area contributed by atoms with E-state index in [1.165, 1.54) is 32.1 Å². The summed E-state index contributed by atoms with van der Waals surface area (Å²) in [6.45, 7) is 9.12. The molecule has 3 N–H and O–H groups in total. The molecule has 3 unspecified atom stereocenters. The lowest BCUT2D eigenvalue weighted by atomic mass is 9.54. The molecule has 1 amide bonds. The summed E-state index contributed by atoms with van der Waals surface area (Å²) in [6.07, 6.45) is 10.0. The van der Waals surface area contributed by atoms with Crippen LogP contribution in [0.2, 0.25) is 0 Å². The van der Waals surface area contributed by atoms with Gasteiger partial charge in [-0.2, -0.15) is 0 Å². The van der Waals surface area contributed by atoms with Gasteiger partial charge in [-0.3, -0.25) is 14.7 Å². The normalized spacial score (nSPS) is 31.4. The second-order valence-electron chi connectivity index (χ2n) is 9.67. The monoisotopic (exact) mass is 419 g/mol. The smallest absolute Gasteiger partial charge is 0.234 e. The van der Waals surface area contributed by atoms with Crippen LogP contribution in [-0.4, -0.2) is 74.3 Å². The minimum absolute atomic E-state index is 0.151. The van der Waals surface area contributed by atoms with Crippen molar-refractivity contribution in [3.05, 3.63) is 0 Å². The van der Waals surface area contributed by atoms with Crippen LogP contribution in [0.25, 0.3) is 0 Å². The Kier molecular flexibility index (Phi) is 7.19. The maximum absolute atomic E-state index is 12.0. The summed E-state index contributed by atoms with van der Waals surface area (Å²) in [5, 5.41) is 10.6. The lowest BCUT2D eigenvalue weighted by molar-refractivity contribution is -0.125. The molecule has 0 aromatic carbocycles. The second-order valence-corrected chi connectivity index (χ2v) is 9.67. The van der Waals surface area contributed by atoms with Crippen LogP contribution in [-0.2, 0) is 9.53 Å². The molecular formula is C23H41N5O2. The van der Waals surface area contributed by atoms with Gasteiger partial charge in [0, 0.05) is 56.2 Å². The van der Waals surface area contributed by atoms with Crippen LogP contribution in [0.1, 0.15) is 65.2 Å². The molecule has 170 valence electrons. The topological polar surface area (TPSA) is 78.0 Å². The summed E-state index contributed by atoms with van der Waals surface area (Å²) in [5.41, 5.74) is 0.340. The molecule has 2 heterocycles. The quantitative estimate of drug-likeness (QED) is 0.434. The molecule has 2 saturated carbocycles. The zero-order valence-electron chi connectivity index (χ0n) is 18.9. The van der Waals surface area contributed by atoms with E-state index in [4.69, 9.17) is 9.73 Å². The van der Waals surface area contributed by atoms with Crippen LogP contribution in [0.5, 0.6) is 0 Å². The summed E-state index contributed by atoms with van der Waals surface area (Å²) < 4.78 is 6.14. The summed E-state index contributed by atoms with van der Waals surface area (Å²) in [6, 6.07) is 0.931. The van der Waals surface area contributed by atoms with Crippen LogP contribution in [0.4, 0.5) is 0 Å². The van der Waals surface area contributed by atoms with E-state index >= 15 is 0 Å². The first-order chi connectivity index (χ1) is 14.7. The molecule has 2 saturated heterocycles. The van der Waals surface area contributed by atoms with E-state index in [0.717, 1.165) is 58.0 Å². The van der Waals surface area contributed by atoms with Gasteiger partial charge in [0.05, 0.1) is 12.6 Å². The van der Waals surface area contributed by atoms with E-state index in [1.807, 2.05) is 0 Å². The number of carbonyl (C=O) groups is 1. The Morgan fingerprint density at radius 2 is 1.90 bits per heavy atom. The lowest BCUT2D eigenvalue weighted by Gasteiger charge is -2.57. The van der Waals surface area contributed by atoms with Gasteiger partial charge in [-0.1, -0.05) is 19.8 Å². The number of guanidine groups is 1. The predicted octanol–water partition coefficient (Wildman–Crippen LogP) is 1.88. The van der Waals surface area contributed by atoms with Crippen LogP contribution in [0, 0.1) is 11.3 Å². The highest BCUT2D eigenvalue weighted by Crippen LogP contribution is 2.60. The van der Waals surface area contributed by atoms with Gasteiger partial charge in [-0.25, -0.2) is 0 Å². The van der Waals surface area contributed by atoms with E-state index in [2.05, 4.69) is 34.7 Å². The van der Waals surface area contributed by atoms with Gasteiger partial charge in [-0.15, -0.1) is 0 Å². The molecule has 3 atom stereocenters. The summed E-state index contributed by atoms with van der Waals surface area (Å²) >= 11 is 0. The number of piperidine rings is 1. The number of hydrogen-bond donors (Lipinski definition) is 3. The number of ether oxygens (including phenoxy) is 1. The average Bonchev–Trinajstić information content (AvgIpc) is 3.41. The minimum Gasteiger partial charge on any atom is -0.377 e. The number of fused-ring (bicyclic) bond motifs is 2. The van der Waals surface area contributed by atoms with Crippen molar-refractivity contribution in [2.24, 2.45) is 16.3 Å². The maximum Gasteiger partial charge on any atom is 0.234 e. The van der Waals surface area contributed by atoms with E-state index < -0.39 is 0 Å². The van der Waals surface area contributed by atoms with Crippen molar-refractivity contribution in [1.82, 2.24) is 20.9 Å². The van der Waals surface area contributed by atoms with E-state index in [1.54, 1.807) is 0 Å². The zero-order chi connectivity index (χ0) is 21.0. The molecule has 4 fully saturated rings. The number of hydrogen-bond acceptors (Lipinski definition) is 4. The third kappa shape index (κ3) is 4.47. The molecule has 30 heavy (non-hydrogen) atoms. The summed E-state index contributed by atoms with van der Waals surface area (Å²) in [5.74, 6) is 1.78. The van der Waals surface area contributed by atoms with Gasteiger partial charge in [0.1, 0.15) is 0 Å². The number of aliphatic imine (C=N–C) groups is 1. The predicted molar refractivity (Wildman–Crippen MR) is 120 cm³/mol. The highest BCUT2D eigenvalue weighted by atomic mass is 16.5. The van der Waals surface area contributed by atoms with E-state index in [9.17, 15) is 4.79 Å². The van der Waals surface area contributed by atoms with Crippen molar-refractivity contribution in [1.29, 1.82) is 0 Å². The number of amides is 1. The Labute approximate surface area is 181 Å². The first kappa shape index (κ1) is 21.9. The van der Waals surface area contributed by atoms with Crippen molar-refractivity contribution >= 4 is 11.9 Å². The van der Waals surface area contributed by atoms with Crippen molar-refractivity contribution < 1.29 is 9.53 Å². The Bertz CT molecular complexity index is 611. The molecule has 7 nitrogen and oxygen atoms in total. The third-order valence-corrected chi connectivity index (χ3v) is 7.76. The summed E-state index contributed by atoms with van der Waals surface area (Å²) in [7, 11) is 0. The minimum atomic E-state index is 0.151. The summed E-state index contributed by atoms with van der Waals surface area (Å²) in [4.78, 5) is 19.0. The van der Waals surface area contributed by atoms with Gasteiger partial charge in [0.25, 0.3) is 0 Å². The number of carbonyl (C=O) groups excluding carboxylic acids is 1. The van der Waals surface area contributed by atoms with Gasteiger partial charge in [-0.05, 0) is 45.4 Å². The molecule has 0 aromatic heterocycles. The van der Waals surface area contributed by atoms with Crippen molar-refractivity contribution in [2.75, 3.05) is 39.3 Å². The van der Waals surface area contributed by atoms with Crippen LogP contribution in [0.15, 0.2) is 4.99 Å². The molecular weight excluding hydrogens is 378 g/mol. The van der Waals surface area contributed by atoms with Crippen LogP contribution in [0.3, 0.4) is 0 Å².